The Morgan fingerprint density at radius 3 is 1.59 bits per heavy atom. The van der Waals surface area contributed by atoms with Gasteiger partial charge in [0.05, 0.1) is 27.3 Å². The van der Waals surface area contributed by atoms with E-state index in [9.17, 15) is 20.2 Å². The van der Waals surface area contributed by atoms with Crippen molar-refractivity contribution in [2.75, 3.05) is 5.43 Å². The molecule has 0 saturated heterocycles. The van der Waals surface area contributed by atoms with Crippen LogP contribution >= 0.6 is 0 Å². The molecule has 3 aromatic carbocycles. The largest absolute Gasteiger partial charge is 0.278 e. The van der Waals surface area contributed by atoms with E-state index in [4.69, 9.17) is 0 Å². The van der Waals surface area contributed by atoms with Crippen LogP contribution in [0.4, 0.5) is 17.1 Å². The van der Waals surface area contributed by atoms with Gasteiger partial charge in [-0.3, -0.25) is 25.7 Å². The highest BCUT2D eigenvalue weighted by atomic mass is 16.6. The van der Waals surface area contributed by atoms with Crippen molar-refractivity contribution < 1.29 is 9.85 Å². The van der Waals surface area contributed by atoms with Crippen LogP contribution in [-0.4, -0.2) is 15.6 Å². The molecular weight excluding hydrogens is 348 g/mol. The van der Waals surface area contributed by atoms with Gasteiger partial charge in [0.2, 0.25) is 0 Å². The van der Waals surface area contributed by atoms with Crippen molar-refractivity contribution in [3.05, 3.63) is 110 Å². The first kappa shape index (κ1) is 17.7. The maximum Gasteiger partial charge on any atom is 0.278 e. The van der Waals surface area contributed by atoms with Crippen molar-refractivity contribution >= 4 is 22.8 Å². The molecule has 0 unspecified atom stereocenters. The molecule has 0 aromatic heterocycles. The van der Waals surface area contributed by atoms with E-state index in [1.165, 1.54) is 12.1 Å². The van der Waals surface area contributed by atoms with Gasteiger partial charge in [0.15, 0.2) is 0 Å². The van der Waals surface area contributed by atoms with E-state index in [0.29, 0.717) is 5.71 Å². The van der Waals surface area contributed by atoms with Crippen molar-refractivity contribution in [1.82, 2.24) is 0 Å². The third kappa shape index (κ3) is 4.31. The Kier molecular flexibility index (Phi) is 5.17. The fraction of sp³-hybridized carbons (Fsp3) is 0. The molecule has 3 aromatic rings. The Labute approximate surface area is 154 Å². The molecule has 8 nitrogen and oxygen atoms in total. The van der Waals surface area contributed by atoms with Gasteiger partial charge in [-0.15, -0.1) is 0 Å². The summed E-state index contributed by atoms with van der Waals surface area (Å²) in [5.41, 5.74) is 4.35. The number of anilines is 1. The van der Waals surface area contributed by atoms with Gasteiger partial charge in [0.25, 0.3) is 11.4 Å². The molecule has 0 bridgehead atoms. The molecule has 0 saturated carbocycles. The minimum atomic E-state index is -0.683. The van der Waals surface area contributed by atoms with Crippen LogP contribution in [0.25, 0.3) is 0 Å². The van der Waals surface area contributed by atoms with Crippen molar-refractivity contribution in [3.8, 4) is 0 Å². The lowest BCUT2D eigenvalue weighted by Crippen LogP contribution is -2.06. The molecule has 0 amide bonds. The minimum Gasteiger partial charge on any atom is -0.277 e. The van der Waals surface area contributed by atoms with E-state index in [2.05, 4.69) is 10.5 Å². The SMILES string of the molecule is O=[N+]([O-])c1cc(NN=C(c2ccccc2)c2ccccc2)cc([N+](=O)[O-])c1. The highest BCUT2D eigenvalue weighted by Gasteiger charge is 2.16. The first-order valence-corrected chi connectivity index (χ1v) is 7.93. The summed E-state index contributed by atoms with van der Waals surface area (Å²) in [6, 6.07) is 22.0. The standard InChI is InChI=1S/C19H14N4O4/c24-22(25)17-11-16(12-18(13-17)23(26)27)20-21-19(14-7-3-1-4-8-14)15-9-5-2-6-10-15/h1-13,20H. The molecule has 8 heteroatoms. The number of nitrogens with one attached hydrogen (secondary N) is 1. The molecule has 0 aliphatic rings. The number of hydrogen-bond acceptors (Lipinski definition) is 6. The second-order valence-electron chi connectivity index (χ2n) is 5.56. The first-order chi connectivity index (χ1) is 13.0. The van der Waals surface area contributed by atoms with Crippen molar-refractivity contribution in [2.24, 2.45) is 5.10 Å². The average Bonchev–Trinajstić information content (AvgIpc) is 2.69. The van der Waals surface area contributed by atoms with E-state index in [0.717, 1.165) is 17.2 Å². The normalized spacial score (nSPS) is 10.1. The number of hydrazone groups is 1. The molecular formula is C19H14N4O4. The molecule has 3 rings (SSSR count). The van der Waals surface area contributed by atoms with E-state index >= 15 is 0 Å². The fourth-order valence-electron chi connectivity index (χ4n) is 2.48. The van der Waals surface area contributed by atoms with Crippen LogP contribution in [-0.2, 0) is 0 Å². The van der Waals surface area contributed by atoms with Crippen molar-refractivity contribution in [1.29, 1.82) is 0 Å². The number of hydrogen-bond donors (Lipinski definition) is 1. The summed E-state index contributed by atoms with van der Waals surface area (Å²) in [7, 11) is 0. The summed E-state index contributed by atoms with van der Waals surface area (Å²) < 4.78 is 0. The third-order valence-electron chi connectivity index (χ3n) is 3.72. The molecule has 134 valence electrons. The zero-order valence-electron chi connectivity index (χ0n) is 14.0. The molecule has 0 fully saturated rings. The molecule has 0 heterocycles. The number of nitrogens with zero attached hydrogens (tertiary/aromatic N) is 3. The summed E-state index contributed by atoms with van der Waals surface area (Å²) in [4.78, 5) is 20.7. The Hall–Kier alpha value is -4.07. The van der Waals surface area contributed by atoms with Gasteiger partial charge in [-0.2, -0.15) is 5.10 Å². The highest BCUT2D eigenvalue weighted by Crippen LogP contribution is 2.26. The van der Waals surface area contributed by atoms with E-state index in [1.54, 1.807) is 0 Å². The molecule has 1 N–H and O–H groups in total. The number of rotatable bonds is 6. The van der Waals surface area contributed by atoms with Gasteiger partial charge in [-0.25, -0.2) is 0 Å². The van der Waals surface area contributed by atoms with Gasteiger partial charge >= 0.3 is 0 Å². The van der Waals surface area contributed by atoms with Gasteiger partial charge < -0.3 is 0 Å². The van der Waals surface area contributed by atoms with Crippen LogP contribution < -0.4 is 5.43 Å². The Morgan fingerprint density at radius 1 is 0.741 bits per heavy atom. The van der Waals surface area contributed by atoms with Crippen LogP contribution in [0.3, 0.4) is 0 Å². The Morgan fingerprint density at radius 2 is 1.19 bits per heavy atom. The van der Waals surface area contributed by atoms with Gasteiger partial charge in [-0.1, -0.05) is 60.7 Å². The summed E-state index contributed by atoms with van der Waals surface area (Å²) in [5, 5.41) is 26.4. The summed E-state index contributed by atoms with van der Waals surface area (Å²) in [6.07, 6.45) is 0. The minimum absolute atomic E-state index is 0.153. The van der Waals surface area contributed by atoms with Crippen LogP contribution in [0.2, 0.25) is 0 Å². The van der Waals surface area contributed by atoms with Gasteiger partial charge in [0.1, 0.15) is 0 Å². The highest BCUT2D eigenvalue weighted by molar-refractivity contribution is 6.13. The lowest BCUT2D eigenvalue weighted by Gasteiger charge is -2.08. The number of non-ortho nitro benzene ring substituents is 2. The van der Waals surface area contributed by atoms with Crippen LogP contribution in [0.5, 0.6) is 0 Å². The predicted molar refractivity (Wildman–Crippen MR) is 102 cm³/mol. The molecule has 0 atom stereocenters. The quantitative estimate of drug-likeness (QED) is 0.398. The van der Waals surface area contributed by atoms with E-state index in [-0.39, 0.29) is 17.1 Å². The van der Waals surface area contributed by atoms with Crippen LogP contribution in [0, 0.1) is 20.2 Å². The zero-order chi connectivity index (χ0) is 19.2. The third-order valence-corrected chi connectivity index (χ3v) is 3.72. The first-order valence-electron chi connectivity index (χ1n) is 7.93. The zero-order valence-corrected chi connectivity index (χ0v) is 14.0. The number of benzene rings is 3. The molecule has 0 spiro atoms. The fourth-order valence-corrected chi connectivity index (χ4v) is 2.48. The topological polar surface area (TPSA) is 111 Å². The van der Waals surface area contributed by atoms with Crippen molar-refractivity contribution in [3.63, 3.8) is 0 Å². The second-order valence-corrected chi connectivity index (χ2v) is 5.56. The summed E-state index contributed by atoms with van der Waals surface area (Å²) >= 11 is 0. The second kappa shape index (κ2) is 7.87. The van der Waals surface area contributed by atoms with E-state index in [1.807, 2.05) is 60.7 Å². The Balaban J connectivity index is 2.02. The Bertz CT molecular complexity index is 931. The van der Waals surface area contributed by atoms with Gasteiger partial charge in [0, 0.05) is 23.3 Å². The molecule has 0 radical (unpaired) electrons. The lowest BCUT2D eigenvalue weighted by atomic mass is 10.0. The number of nitro groups is 2. The average molecular weight is 362 g/mol. The van der Waals surface area contributed by atoms with Crippen LogP contribution in [0.15, 0.2) is 84.0 Å². The smallest absolute Gasteiger partial charge is 0.277 e. The molecule has 0 aliphatic heterocycles. The monoisotopic (exact) mass is 362 g/mol. The van der Waals surface area contributed by atoms with Crippen LogP contribution in [0.1, 0.15) is 11.1 Å². The lowest BCUT2D eigenvalue weighted by molar-refractivity contribution is -0.394. The van der Waals surface area contributed by atoms with E-state index < -0.39 is 9.85 Å². The summed E-state index contributed by atoms with van der Waals surface area (Å²) in [5.74, 6) is 0. The molecule has 0 aliphatic carbocycles. The maximum absolute atomic E-state index is 11.0. The molecule has 27 heavy (non-hydrogen) atoms. The van der Waals surface area contributed by atoms with Crippen molar-refractivity contribution in [2.45, 2.75) is 0 Å². The number of nitro benzene ring substituents is 2. The van der Waals surface area contributed by atoms with Gasteiger partial charge in [-0.05, 0) is 0 Å². The summed E-state index contributed by atoms with van der Waals surface area (Å²) in [6.45, 7) is 0. The predicted octanol–water partition coefficient (Wildman–Crippen LogP) is 4.37. The maximum atomic E-state index is 11.0.